The van der Waals surface area contributed by atoms with E-state index in [-0.39, 0.29) is 13.2 Å². The minimum Gasteiger partial charge on any atom is -0.394 e. The fourth-order valence-electron chi connectivity index (χ4n) is 1.76. The first kappa shape index (κ1) is 12.5. The number of aliphatic hydroxyl groups excluding tert-OH is 3. The smallest absolute Gasteiger partial charge is 0.187 e. The van der Waals surface area contributed by atoms with Crippen molar-refractivity contribution in [3.63, 3.8) is 0 Å². The van der Waals surface area contributed by atoms with Crippen molar-refractivity contribution < 1.29 is 24.8 Å². The Bertz CT molecular complexity index is 342. The Morgan fingerprint density at radius 2 is 1.82 bits per heavy atom. The molecule has 3 N–H and O–H groups in total. The van der Waals surface area contributed by atoms with Crippen molar-refractivity contribution in [2.75, 3.05) is 6.61 Å². The van der Waals surface area contributed by atoms with E-state index in [9.17, 15) is 10.2 Å². The summed E-state index contributed by atoms with van der Waals surface area (Å²) in [7, 11) is 0. The second-order valence-electron chi connectivity index (χ2n) is 4.00. The van der Waals surface area contributed by atoms with Crippen molar-refractivity contribution in [3.8, 4) is 0 Å². The lowest BCUT2D eigenvalue weighted by Gasteiger charge is -2.15. The summed E-state index contributed by atoms with van der Waals surface area (Å²) in [5.41, 5.74) is 0.949. The zero-order valence-electron chi connectivity index (χ0n) is 9.27. The van der Waals surface area contributed by atoms with Crippen LogP contribution in [-0.4, -0.2) is 46.5 Å². The van der Waals surface area contributed by atoms with Gasteiger partial charge in [-0.3, -0.25) is 0 Å². The largest absolute Gasteiger partial charge is 0.394 e. The van der Waals surface area contributed by atoms with Crippen LogP contribution in [0.1, 0.15) is 5.56 Å². The Morgan fingerprint density at radius 3 is 2.41 bits per heavy atom. The van der Waals surface area contributed by atoms with Crippen LogP contribution in [0.15, 0.2) is 30.3 Å². The third-order valence-electron chi connectivity index (χ3n) is 2.76. The molecule has 5 heteroatoms. The normalized spacial score (nSPS) is 32.9. The minimum absolute atomic E-state index is 0.285. The monoisotopic (exact) mass is 240 g/mol. The van der Waals surface area contributed by atoms with Crippen molar-refractivity contribution in [2.24, 2.45) is 0 Å². The molecule has 1 heterocycles. The third kappa shape index (κ3) is 2.83. The van der Waals surface area contributed by atoms with E-state index in [0.717, 1.165) is 5.56 Å². The molecule has 1 unspecified atom stereocenters. The Kier molecular flexibility index (Phi) is 4.09. The van der Waals surface area contributed by atoms with Gasteiger partial charge in [0, 0.05) is 0 Å². The minimum atomic E-state index is -1.13. The molecule has 2 rings (SSSR count). The molecule has 0 saturated carbocycles. The fourth-order valence-corrected chi connectivity index (χ4v) is 1.76. The molecule has 94 valence electrons. The molecule has 0 spiro atoms. The molecule has 17 heavy (non-hydrogen) atoms. The van der Waals surface area contributed by atoms with Gasteiger partial charge in [-0.25, -0.2) is 0 Å². The molecule has 0 amide bonds. The average Bonchev–Trinajstić information content (AvgIpc) is 2.65. The van der Waals surface area contributed by atoms with Gasteiger partial charge in [0.2, 0.25) is 0 Å². The standard InChI is InChI=1S/C12H16O5/c13-6-9-10(14)11(15)12(17-9)16-7-8-4-2-1-3-5-8/h1-5,9-15H,6-7H2/t9-,10-,11+,12?/m1/s1. The highest BCUT2D eigenvalue weighted by Gasteiger charge is 2.42. The molecular formula is C12H16O5. The van der Waals surface area contributed by atoms with Gasteiger partial charge in [0.15, 0.2) is 6.29 Å². The van der Waals surface area contributed by atoms with Crippen molar-refractivity contribution in [2.45, 2.75) is 31.2 Å². The maximum atomic E-state index is 9.63. The summed E-state index contributed by atoms with van der Waals surface area (Å²) >= 11 is 0. The molecule has 1 aliphatic heterocycles. The van der Waals surface area contributed by atoms with E-state index in [0.29, 0.717) is 0 Å². The summed E-state index contributed by atoms with van der Waals surface area (Å²) in [6.45, 7) is -0.0587. The first-order chi connectivity index (χ1) is 8.22. The SMILES string of the molecule is OC[C@H]1OC(OCc2ccccc2)[C@@H](O)[C@@H]1O. The Morgan fingerprint density at radius 1 is 1.12 bits per heavy atom. The van der Waals surface area contributed by atoms with Gasteiger partial charge in [-0.15, -0.1) is 0 Å². The van der Waals surface area contributed by atoms with Crippen molar-refractivity contribution in [3.05, 3.63) is 35.9 Å². The van der Waals surface area contributed by atoms with E-state index in [2.05, 4.69) is 0 Å². The topological polar surface area (TPSA) is 79.2 Å². The first-order valence-corrected chi connectivity index (χ1v) is 5.50. The summed E-state index contributed by atoms with van der Waals surface area (Å²) in [4.78, 5) is 0. The highest BCUT2D eigenvalue weighted by molar-refractivity contribution is 5.13. The van der Waals surface area contributed by atoms with E-state index in [1.165, 1.54) is 0 Å². The van der Waals surface area contributed by atoms with Crippen LogP contribution in [-0.2, 0) is 16.1 Å². The number of hydrogen-bond donors (Lipinski definition) is 3. The highest BCUT2D eigenvalue weighted by atomic mass is 16.7. The van der Waals surface area contributed by atoms with Gasteiger partial charge < -0.3 is 24.8 Å². The number of rotatable bonds is 4. The second kappa shape index (κ2) is 5.57. The maximum absolute atomic E-state index is 9.63. The number of hydrogen-bond acceptors (Lipinski definition) is 5. The zero-order chi connectivity index (χ0) is 12.3. The number of aliphatic hydroxyl groups is 3. The van der Waals surface area contributed by atoms with Gasteiger partial charge in [0.05, 0.1) is 13.2 Å². The predicted molar refractivity (Wildman–Crippen MR) is 59.0 cm³/mol. The molecular weight excluding hydrogens is 224 g/mol. The summed E-state index contributed by atoms with van der Waals surface area (Å²) in [5.74, 6) is 0. The Hall–Kier alpha value is -0.980. The Balaban J connectivity index is 1.88. The van der Waals surface area contributed by atoms with Crippen molar-refractivity contribution in [1.82, 2.24) is 0 Å². The second-order valence-corrected chi connectivity index (χ2v) is 4.00. The number of benzene rings is 1. The van der Waals surface area contributed by atoms with E-state index < -0.39 is 24.6 Å². The van der Waals surface area contributed by atoms with Gasteiger partial charge in [0.1, 0.15) is 18.3 Å². The van der Waals surface area contributed by atoms with Gasteiger partial charge in [0.25, 0.3) is 0 Å². The van der Waals surface area contributed by atoms with Gasteiger partial charge in [-0.2, -0.15) is 0 Å². The molecule has 0 radical (unpaired) electrons. The van der Waals surface area contributed by atoms with Crippen LogP contribution >= 0.6 is 0 Å². The van der Waals surface area contributed by atoms with Crippen LogP contribution < -0.4 is 0 Å². The van der Waals surface area contributed by atoms with Gasteiger partial charge >= 0.3 is 0 Å². The molecule has 1 aromatic rings. The molecule has 1 fully saturated rings. The highest BCUT2D eigenvalue weighted by Crippen LogP contribution is 2.22. The lowest BCUT2D eigenvalue weighted by atomic mass is 10.1. The lowest BCUT2D eigenvalue weighted by molar-refractivity contribution is -0.175. The van der Waals surface area contributed by atoms with E-state index in [4.69, 9.17) is 14.6 Å². The van der Waals surface area contributed by atoms with E-state index in [1.54, 1.807) is 0 Å². The molecule has 1 aliphatic rings. The van der Waals surface area contributed by atoms with Gasteiger partial charge in [-0.05, 0) is 5.56 Å². The summed E-state index contributed by atoms with van der Waals surface area (Å²) in [6, 6.07) is 9.45. The molecule has 0 aromatic heterocycles. The van der Waals surface area contributed by atoms with Crippen LogP contribution in [0.5, 0.6) is 0 Å². The third-order valence-corrected chi connectivity index (χ3v) is 2.76. The molecule has 4 atom stereocenters. The molecule has 1 saturated heterocycles. The van der Waals surface area contributed by atoms with Crippen LogP contribution in [0, 0.1) is 0 Å². The Labute approximate surface area is 99.2 Å². The first-order valence-electron chi connectivity index (χ1n) is 5.50. The molecule has 0 aliphatic carbocycles. The average molecular weight is 240 g/mol. The van der Waals surface area contributed by atoms with E-state index >= 15 is 0 Å². The summed E-state index contributed by atoms with van der Waals surface area (Å²) < 4.78 is 10.5. The van der Waals surface area contributed by atoms with Crippen LogP contribution in [0.2, 0.25) is 0 Å². The molecule has 5 nitrogen and oxygen atoms in total. The predicted octanol–water partition coefficient (Wildman–Crippen LogP) is -0.358. The number of ether oxygens (including phenoxy) is 2. The fraction of sp³-hybridized carbons (Fsp3) is 0.500. The molecule has 0 bridgehead atoms. The zero-order valence-corrected chi connectivity index (χ0v) is 9.27. The van der Waals surface area contributed by atoms with E-state index in [1.807, 2.05) is 30.3 Å². The molecule has 1 aromatic carbocycles. The van der Waals surface area contributed by atoms with Gasteiger partial charge in [-0.1, -0.05) is 30.3 Å². The summed E-state index contributed by atoms with van der Waals surface area (Å²) in [6.07, 6.45) is -3.93. The van der Waals surface area contributed by atoms with Crippen molar-refractivity contribution in [1.29, 1.82) is 0 Å². The van der Waals surface area contributed by atoms with Crippen LogP contribution in [0.25, 0.3) is 0 Å². The lowest BCUT2D eigenvalue weighted by Crippen LogP contribution is -2.34. The van der Waals surface area contributed by atoms with Crippen molar-refractivity contribution >= 4 is 0 Å². The maximum Gasteiger partial charge on any atom is 0.187 e. The van der Waals surface area contributed by atoms with Crippen LogP contribution in [0.3, 0.4) is 0 Å². The quantitative estimate of drug-likeness (QED) is 0.670. The summed E-state index contributed by atoms with van der Waals surface area (Å²) in [5, 5.41) is 28.0. The van der Waals surface area contributed by atoms with Crippen LogP contribution in [0.4, 0.5) is 0 Å².